The number of nitrogens with zero attached hydrogens (tertiary/aromatic N) is 4. The predicted molar refractivity (Wildman–Crippen MR) is 86.3 cm³/mol. The van der Waals surface area contributed by atoms with Gasteiger partial charge in [-0.2, -0.15) is 5.10 Å². The number of rotatable bonds is 5. The van der Waals surface area contributed by atoms with Crippen molar-refractivity contribution in [3.63, 3.8) is 0 Å². The van der Waals surface area contributed by atoms with E-state index < -0.39 is 0 Å². The molecule has 2 aromatic heterocycles. The highest BCUT2D eigenvalue weighted by molar-refractivity contribution is 5.87. The Labute approximate surface area is 128 Å². The molecule has 3 aromatic rings. The van der Waals surface area contributed by atoms with E-state index in [-0.39, 0.29) is 6.61 Å². The van der Waals surface area contributed by atoms with Crippen molar-refractivity contribution < 1.29 is 5.11 Å². The van der Waals surface area contributed by atoms with Crippen LogP contribution in [0.5, 0.6) is 0 Å². The van der Waals surface area contributed by atoms with Crippen LogP contribution in [0.2, 0.25) is 0 Å². The van der Waals surface area contributed by atoms with Gasteiger partial charge in [0.05, 0.1) is 17.3 Å². The van der Waals surface area contributed by atoms with Crippen LogP contribution >= 0.6 is 0 Å². The predicted octanol–water partition coefficient (Wildman–Crippen LogP) is 2.23. The number of nitrogens with one attached hydrogen (secondary N) is 1. The molecule has 0 aliphatic heterocycles. The molecule has 2 N–H and O–H groups in total. The van der Waals surface area contributed by atoms with Crippen molar-refractivity contribution in [1.29, 1.82) is 0 Å². The normalized spacial score (nSPS) is 11.0. The zero-order valence-electron chi connectivity index (χ0n) is 12.7. The fraction of sp³-hybridized carbons (Fsp3) is 0.312. The first-order valence-corrected chi connectivity index (χ1v) is 7.32. The summed E-state index contributed by atoms with van der Waals surface area (Å²) in [6.07, 6.45) is 3.98. The number of hydrogen-bond donors (Lipinski definition) is 2. The van der Waals surface area contributed by atoms with Gasteiger partial charge in [0.15, 0.2) is 5.65 Å². The number of aliphatic hydroxyl groups excluding tert-OH is 1. The number of aromatic nitrogens is 4. The second-order valence-electron chi connectivity index (χ2n) is 5.31. The third-order valence-corrected chi connectivity index (χ3v) is 3.57. The first-order chi connectivity index (χ1) is 10.7. The number of fused-ring (bicyclic) bond motifs is 1. The van der Waals surface area contributed by atoms with Crippen LogP contribution in [0.25, 0.3) is 16.7 Å². The zero-order chi connectivity index (χ0) is 15.5. The highest BCUT2D eigenvalue weighted by atomic mass is 16.3. The summed E-state index contributed by atoms with van der Waals surface area (Å²) in [6.45, 7) is 4.96. The van der Waals surface area contributed by atoms with E-state index in [1.54, 1.807) is 6.20 Å². The zero-order valence-corrected chi connectivity index (χ0v) is 12.7. The number of anilines is 1. The molecule has 3 rings (SSSR count). The maximum absolute atomic E-state index is 8.87. The van der Waals surface area contributed by atoms with Crippen LogP contribution in [-0.4, -0.2) is 38.0 Å². The summed E-state index contributed by atoms with van der Waals surface area (Å²) in [5.41, 5.74) is 4.16. The summed E-state index contributed by atoms with van der Waals surface area (Å²) >= 11 is 0. The quantitative estimate of drug-likeness (QED) is 0.706. The Bertz CT molecular complexity index is 796. The van der Waals surface area contributed by atoms with Gasteiger partial charge in [-0.15, -0.1) is 0 Å². The topological polar surface area (TPSA) is 75.9 Å². The van der Waals surface area contributed by atoms with E-state index in [1.165, 1.54) is 11.9 Å². The molecule has 0 aliphatic rings. The van der Waals surface area contributed by atoms with E-state index in [0.29, 0.717) is 13.0 Å². The van der Waals surface area contributed by atoms with Crippen molar-refractivity contribution in [3.8, 4) is 5.69 Å². The van der Waals surface area contributed by atoms with Crippen molar-refractivity contribution in [2.45, 2.75) is 20.3 Å². The standard InChI is InChI=1S/C16H19N5O/c1-11-4-5-14(12(2)8-11)21-16-13(9-20-21)15(18-10-19-16)17-6-3-7-22/h4-5,8-10,22H,3,6-7H2,1-2H3,(H,17,18,19). The number of aliphatic hydroxyl groups is 1. The number of hydrogen-bond acceptors (Lipinski definition) is 5. The first-order valence-electron chi connectivity index (χ1n) is 7.32. The highest BCUT2D eigenvalue weighted by Gasteiger charge is 2.12. The third kappa shape index (κ3) is 2.65. The van der Waals surface area contributed by atoms with Gasteiger partial charge in [0.2, 0.25) is 0 Å². The third-order valence-electron chi connectivity index (χ3n) is 3.57. The molecule has 22 heavy (non-hydrogen) atoms. The van der Waals surface area contributed by atoms with E-state index >= 15 is 0 Å². The van der Waals surface area contributed by atoms with Gasteiger partial charge in [-0.05, 0) is 31.9 Å². The fourth-order valence-electron chi connectivity index (χ4n) is 2.49. The van der Waals surface area contributed by atoms with Crippen LogP contribution in [0, 0.1) is 13.8 Å². The molecule has 0 radical (unpaired) electrons. The summed E-state index contributed by atoms with van der Waals surface area (Å²) < 4.78 is 1.84. The monoisotopic (exact) mass is 297 g/mol. The van der Waals surface area contributed by atoms with E-state index in [9.17, 15) is 0 Å². The Balaban J connectivity index is 2.03. The average molecular weight is 297 g/mol. The largest absolute Gasteiger partial charge is 0.396 e. The number of aryl methyl sites for hydroxylation is 2. The second kappa shape index (κ2) is 6.11. The van der Waals surface area contributed by atoms with Crippen molar-refractivity contribution in [1.82, 2.24) is 19.7 Å². The fourth-order valence-corrected chi connectivity index (χ4v) is 2.49. The molecule has 6 nitrogen and oxygen atoms in total. The summed E-state index contributed by atoms with van der Waals surface area (Å²) in [7, 11) is 0. The molecule has 0 amide bonds. The summed E-state index contributed by atoms with van der Waals surface area (Å²) in [6, 6.07) is 6.25. The van der Waals surface area contributed by atoms with Crippen molar-refractivity contribution >= 4 is 16.9 Å². The van der Waals surface area contributed by atoms with Crippen molar-refractivity contribution in [2.24, 2.45) is 0 Å². The maximum Gasteiger partial charge on any atom is 0.168 e. The van der Waals surface area contributed by atoms with Crippen LogP contribution in [0.15, 0.2) is 30.7 Å². The van der Waals surface area contributed by atoms with Crippen molar-refractivity contribution in [2.75, 3.05) is 18.5 Å². The van der Waals surface area contributed by atoms with E-state index in [0.717, 1.165) is 28.1 Å². The van der Waals surface area contributed by atoms with Gasteiger partial charge < -0.3 is 10.4 Å². The molecule has 0 unspecified atom stereocenters. The Kier molecular flexibility index (Phi) is 4.02. The molecule has 0 atom stereocenters. The van der Waals surface area contributed by atoms with Gasteiger partial charge >= 0.3 is 0 Å². The second-order valence-corrected chi connectivity index (χ2v) is 5.31. The molecule has 114 valence electrons. The SMILES string of the molecule is Cc1ccc(-n2ncc3c(NCCCO)ncnc32)c(C)c1. The first kappa shape index (κ1) is 14.5. The summed E-state index contributed by atoms with van der Waals surface area (Å²) in [4.78, 5) is 8.63. The smallest absolute Gasteiger partial charge is 0.168 e. The van der Waals surface area contributed by atoms with Gasteiger partial charge in [0.1, 0.15) is 12.1 Å². The Morgan fingerprint density at radius 3 is 2.86 bits per heavy atom. The highest BCUT2D eigenvalue weighted by Crippen LogP contribution is 2.23. The van der Waals surface area contributed by atoms with Gasteiger partial charge in [-0.25, -0.2) is 14.6 Å². The van der Waals surface area contributed by atoms with E-state index in [2.05, 4.69) is 52.4 Å². The molecule has 0 saturated heterocycles. The van der Waals surface area contributed by atoms with Crippen LogP contribution in [-0.2, 0) is 0 Å². The molecule has 0 saturated carbocycles. The van der Waals surface area contributed by atoms with E-state index in [4.69, 9.17) is 5.11 Å². The lowest BCUT2D eigenvalue weighted by Crippen LogP contribution is -2.06. The Morgan fingerprint density at radius 2 is 2.09 bits per heavy atom. The molecular formula is C16H19N5O. The van der Waals surface area contributed by atoms with Crippen LogP contribution in [0.3, 0.4) is 0 Å². The minimum Gasteiger partial charge on any atom is -0.396 e. The van der Waals surface area contributed by atoms with Crippen LogP contribution < -0.4 is 5.32 Å². The average Bonchev–Trinajstić information content (AvgIpc) is 2.92. The van der Waals surface area contributed by atoms with Gasteiger partial charge in [0, 0.05) is 13.2 Å². The van der Waals surface area contributed by atoms with Crippen LogP contribution in [0.4, 0.5) is 5.82 Å². The molecule has 0 spiro atoms. The molecule has 1 aromatic carbocycles. The molecule has 0 bridgehead atoms. The molecule has 2 heterocycles. The Morgan fingerprint density at radius 1 is 1.23 bits per heavy atom. The lowest BCUT2D eigenvalue weighted by molar-refractivity contribution is 0.292. The van der Waals surface area contributed by atoms with Crippen molar-refractivity contribution in [3.05, 3.63) is 41.9 Å². The van der Waals surface area contributed by atoms with E-state index in [1.807, 2.05) is 4.68 Å². The lowest BCUT2D eigenvalue weighted by Gasteiger charge is -2.08. The molecule has 0 aliphatic carbocycles. The lowest BCUT2D eigenvalue weighted by atomic mass is 10.1. The molecule has 0 fully saturated rings. The minimum atomic E-state index is 0.156. The maximum atomic E-state index is 8.87. The molecule has 6 heteroatoms. The number of benzene rings is 1. The summed E-state index contributed by atoms with van der Waals surface area (Å²) in [5.74, 6) is 0.745. The minimum absolute atomic E-state index is 0.156. The molecular weight excluding hydrogens is 278 g/mol. The van der Waals surface area contributed by atoms with Crippen LogP contribution in [0.1, 0.15) is 17.5 Å². The van der Waals surface area contributed by atoms with Gasteiger partial charge in [0.25, 0.3) is 0 Å². The Hall–Kier alpha value is -2.47. The van der Waals surface area contributed by atoms with Gasteiger partial charge in [-0.1, -0.05) is 17.7 Å². The van der Waals surface area contributed by atoms with Gasteiger partial charge in [-0.3, -0.25) is 0 Å². The summed E-state index contributed by atoms with van der Waals surface area (Å²) in [5, 5.41) is 17.4.